The summed E-state index contributed by atoms with van der Waals surface area (Å²) in [6.07, 6.45) is 2.71. The Morgan fingerprint density at radius 1 is 1.36 bits per heavy atom. The third kappa shape index (κ3) is 5.97. The molecular formula is C11H23NO2. The molecule has 0 rings (SSSR count). The summed E-state index contributed by atoms with van der Waals surface area (Å²) in [4.78, 5) is 13.2. The van der Waals surface area contributed by atoms with E-state index in [-0.39, 0.29) is 11.9 Å². The number of amides is 1. The molecule has 0 aromatic carbocycles. The number of hydrogen-bond donors (Lipinski definition) is 0. The SMILES string of the molecule is CCCCOCCC(=O)N(C)C(C)C. The van der Waals surface area contributed by atoms with Gasteiger partial charge < -0.3 is 9.64 Å². The first kappa shape index (κ1) is 13.4. The molecule has 0 aromatic rings. The van der Waals surface area contributed by atoms with Crippen LogP contribution >= 0.6 is 0 Å². The highest BCUT2D eigenvalue weighted by Crippen LogP contribution is 1.98. The second kappa shape index (κ2) is 7.80. The van der Waals surface area contributed by atoms with Crippen molar-refractivity contribution >= 4 is 5.91 Å². The Kier molecular flexibility index (Phi) is 7.48. The molecule has 0 saturated carbocycles. The standard InChI is InChI=1S/C11H23NO2/c1-5-6-8-14-9-7-11(13)12(4)10(2)3/h10H,5-9H2,1-4H3. The number of unbranched alkanes of at least 4 members (excludes halogenated alkanes) is 1. The number of carbonyl (C=O) groups excluding carboxylic acids is 1. The predicted molar refractivity (Wildman–Crippen MR) is 58.3 cm³/mol. The van der Waals surface area contributed by atoms with Gasteiger partial charge in [0.25, 0.3) is 0 Å². The molecule has 0 fully saturated rings. The highest BCUT2D eigenvalue weighted by Gasteiger charge is 2.10. The Balaban J connectivity index is 3.44. The zero-order valence-corrected chi connectivity index (χ0v) is 9.88. The molecule has 0 aliphatic heterocycles. The fourth-order valence-corrected chi connectivity index (χ4v) is 0.972. The molecule has 0 radical (unpaired) electrons. The van der Waals surface area contributed by atoms with Crippen LogP contribution in [0.15, 0.2) is 0 Å². The summed E-state index contributed by atoms with van der Waals surface area (Å²) in [5, 5.41) is 0. The number of rotatable bonds is 7. The Morgan fingerprint density at radius 2 is 2.00 bits per heavy atom. The van der Waals surface area contributed by atoms with Crippen LogP contribution in [-0.4, -0.2) is 37.1 Å². The first-order valence-corrected chi connectivity index (χ1v) is 5.43. The van der Waals surface area contributed by atoms with Crippen LogP contribution in [0.5, 0.6) is 0 Å². The zero-order valence-electron chi connectivity index (χ0n) is 9.88. The van der Waals surface area contributed by atoms with E-state index in [0.29, 0.717) is 13.0 Å². The van der Waals surface area contributed by atoms with Crippen LogP contribution in [0, 0.1) is 0 Å². The van der Waals surface area contributed by atoms with E-state index in [9.17, 15) is 4.79 Å². The van der Waals surface area contributed by atoms with Gasteiger partial charge in [0.15, 0.2) is 0 Å². The molecule has 0 atom stereocenters. The van der Waals surface area contributed by atoms with Gasteiger partial charge in [-0.05, 0) is 20.3 Å². The van der Waals surface area contributed by atoms with Crippen molar-refractivity contribution in [3.05, 3.63) is 0 Å². The van der Waals surface area contributed by atoms with Crippen molar-refractivity contribution in [3.8, 4) is 0 Å². The molecule has 14 heavy (non-hydrogen) atoms. The van der Waals surface area contributed by atoms with Crippen molar-refractivity contribution in [2.45, 2.75) is 46.1 Å². The van der Waals surface area contributed by atoms with E-state index >= 15 is 0 Å². The van der Waals surface area contributed by atoms with E-state index in [1.807, 2.05) is 20.9 Å². The summed E-state index contributed by atoms with van der Waals surface area (Å²) < 4.78 is 5.33. The topological polar surface area (TPSA) is 29.5 Å². The van der Waals surface area contributed by atoms with Crippen LogP contribution in [0.3, 0.4) is 0 Å². The van der Waals surface area contributed by atoms with Crippen LogP contribution in [0.4, 0.5) is 0 Å². The van der Waals surface area contributed by atoms with Gasteiger partial charge in [-0.1, -0.05) is 13.3 Å². The maximum atomic E-state index is 11.5. The molecule has 0 spiro atoms. The van der Waals surface area contributed by atoms with Crippen molar-refractivity contribution < 1.29 is 9.53 Å². The molecule has 0 N–H and O–H groups in total. The predicted octanol–water partition coefficient (Wildman–Crippen LogP) is 2.06. The lowest BCUT2D eigenvalue weighted by Gasteiger charge is -2.21. The number of nitrogens with zero attached hydrogens (tertiary/aromatic N) is 1. The van der Waals surface area contributed by atoms with Gasteiger partial charge >= 0.3 is 0 Å². The highest BCUT2D eigenvalue weighted by atomic mass is 16.5. The number of carbonyl (C=O) groups is 1. The fraction of sp³-hybridized carbons (Fsp3) is 0.909. The number of ether oxygens (including phenoxy) is 1. The van der Waals surface area contributed by atoms with Crippen LogP contribution < -0.4 is 0 Å². The molecule has 0 aromatic heterocycles. The molecule has 0 heterocycles. The smallest absolute Gasteiger partial charge is 0.224 e. The van der Waals surface area contributed by atoms with E-state index < -0.39 is 0 Å². The van der Waals surface area contributed by atoms with E-state index in [1.165, 1.54) is 0 Å². The molecule has 84 valence electrons. The van der Waals surface area contributed by atoms with Crippen LogP contribution in [0.25, 0.3) is 0 Å². The van der Waals surface area contributed by atoms with Crippen molar-refractivity contribution in [1.29, 1.82) is 0 Å². The highest BCUT2D eigenvalue weighted by molar-refractivity contribution is 5.76. The van der Waals surface area contributed by atoms with E-state index in [0.717, 1.165) is 19.4 Å². The molecule has 1 amide bonds. The zero-order chi connectivity index (χ0) is 11.0. The minimum absolute atomic E-state index is 0.163. The lowest BCUT2D eigenvalue weighted by molar-refractivity contribution is -0.132. The van der Waals surface area contributed by atoms with Gasteiger partial charge in [0.05, 0.1) is 13.0 Å². The average Bonchev–Trinajstić information content (AvgIpc) is 2.16. The van der Waals surface area contributed by atoms with Crippen molar-refractivity contribution in [2.75, 3.05) is 20.3 Å². The molecule has 0 saturated heterocycles. The van der Waals surface area contributed by atoms with Gasteiger partial charge in [-0.2, -0.15) is 0 Å². The minimum atomic E-state index is 0.163. The molecule has 3 nitrogen and oxygen atoms in total. The van der Waals surface area contributed by atoms with E-state index in [4.69, 9.17) is 4.74 Å². The maximum absolute atomic E-state index is 11.5. The average molecular weight is 201 g/mol. The summed E-state index contributed by atoms with van der Waals surface area (Å²) in [6.45, 7) is 7.47. The Labute approximate surface area is 87.4 Å². The second-order valence-electron chi connectivity index (χ2n) is 3.81. The van der Waals surface area contributed by atoms with Crippen LogP contribution in [0.1, 0.15) is 40.0 Å². The summed E-state index contributed by atoms with van der Waals surface area (Å²) in [5.74, 6) is 0.163. The van der Waals surface area contributed by atoms with Crippen molar-refractivity contribution in [1.82, 2.24) is 4.90 Å². The molecule has 3 heteroatoms. The summed E-state index contributed by atoms with van der Waals surface area (Å²) >= 11 is 0. The second-order valence-corrected chi connectivity index (χ2v) is 3.81. The summed E-state index contributed by atoms with van der Waals surface area (Å²) in [7, 11) is 1.83. The minimum Gasteiger partial charge on any atom is -0.381 e. The third-order valence-corrected chi connectivity index (χ3v) is 2.27. The van der Waals surface area contributed by atoms with Crippen molar-refractivity contribution in [3.63, 3.8) is 0 Å². The molecule has 0 aliphatic carbocycles. The fourth-order valence-electron chi connectivity index (χ4n) is 0.972. The van der Waals surface area contributed by atoms with Gasteiger partial charge in [0.2, 0.25) is 5.91 Å². The first-order valence-electron chi connectivity index (χ1n) is 5.43. The lowest BCUT2D eigenvalue weighted by Crippen LogP contribution is -2.33. The maximum Gasteiger partial charge on any atom is 0.224 e. The van der Waals surface area contributed by atoms with Gasteiger partial charge in [0, 0.05) is 19.7 Å². The van der Waals surface area contributed by atoms with Crippen molar-refractivity contribution in [2.24, 2.45) is 0 Å². The van der Waals surface area contributed by atoms with Crippen LogP contribution in [-0.2, 0) is 9.53 Å². The molecule has 0 unspecified atom stereocenters. The Bertz CT molecular complexity index is 157. The molecular weight excluding hydrogens is 178 g/mol. The summed E-state index contributed by atoms with van der Waals surface area (Å²) in [6, 6.07) is 0.276. The first-order chi connectivity index (χ1) is 6.59. The van der Waals surface area contributed by atoms with Crippen LogP contribution in [0.2, 0.25) is 0 Å². The van der Waals surface area contributed by atoms with Gasteiger partial charge in [-0.15, -0.1) is 0 Å². The molecule has 0 aliphatic rings. The van der Waals surface area contributed by atoms with Gasteiger partial charge in [0.1, 0.15) is 0 Å². The Hall–Kier alpha value is -0.570. The number of hydrogen-bond acceptors (Lipinski definition) is 2. The van der Waals surface area contributed by atoms with Gasteiger partial charge in [-0.25, -0.2) is 0 Å². The lowest BCUT2D eigenvalue weighted by atomic mass is 10.3. The van der Waals surface area contributed by atoms with E-state index in [2.05, 4.69) is 6.92 Å². The Morgan fingerprint density at radius 3 is 2.50 bits per heavy atom. The quantitative estimate of drug-likeness (QED) is 0.590. The van der Waals surface area contributed by atoms with E-state index in [1.54, 1.807) is 4.90 Å². The largest absolute Gasteiger partial charge is 0.381 e. The molecule has 0 bridgehead atoms. The summed E-state index contributed by atoms with van der Waals surface area (Å²) in [5.41, 5.74) is 0. The monoisotopic (exact) mass is 201 g/mol. The third-order valence-electron chi connectivity index (χ3n) is 2.27. The van der Waals surface area contributed by atoms with Gasteiger partial charge in [-0.3, -0.25) is 4.79 Å². The normalized spacial score (nSPS) is 10.6.